The third kappa shape index (κ3) is 4.31. The van der Waals surface area contributed by atoms with Crippen molar-refractivity contribution in [1.82, 2.24) is 19.7 Å². The van der Waals surface area contributed by atoms with Gasteiger partial charge in [-0.05, 0) is 36.2 Å². The van der Waals surface area contributed by atoms with Gasteiger partial charge >= 0.3 is 0 Å². The van der Waals surface area contributed by atoms with E-state index in [0.29, 0.717) is 18.9 Å². The molecule has 0 radical (unpaired) electrons. The molecule has 3 aromatic rings. The van der Waals surface area contributed by atoms with Crippen molar-refractivity contribution in [2.45, 2.75) is 32.7 Å². The van der Waals surface area contributed by atoms with E-state index in [4.69, 9.17) is 4.74 Å². The smallest absolute Gasteiger partial charge is 0.270 e. The lowest BCUT2D eigenvalue weighted by Gasteiger charge is -2.09. The molecule has 1 aliphatic rings. The summed E-state index contributed by atoms with van der Waals surface area (Å²) in [5, 5.41) is 4.25. The summed E-state index contributed by atoms with van der Waals surface area (Å²) in [6.45, 7) is 2.86. The van der Waals surface area contributed by atoms with Gasteiger partial charge < -0.3 is 4.74 Å². The maximum absolute atomic E-state index is 12.3. The SMILES string of the molecule is Bc1ccc(COc2cnn(CCc3ccc4c(c3)CN(C)C4)c(=O)c2)nc1. The Balaban J connectivity index is 1.36. The van der Waals surface area contributed by atoms with E-state index in [2.05, 4.69) is 40.2 Å². The minimum absolute atomic E-state index is 0.157. The van der Waals surface area contributed by atoms with Gasteiger partial charge in [0.15, 0.2) is 0 Å². The van der Waals surface area contributed by atoms with Crippen LogP contribution >= 0.6 is 0 Å². The lowest BCUT2D eigenvalue weighted by molar-refractivity contribution is 0.297. The average molecular weight is 374 g/mol. The fourth-order valence-corrected chi connectivity index (χ4v) is 3.41. The molecule has 1 aliphatic heterocycles. The van der Waals surface area contributed by atoms with Crippen LogP contribution in [0.25, 0.3) is 0 Å². The van der Waals surface area contributed by atoms with Crippen LogP contribution < -0.4 is 15.8 Å². The third-order valence-corrected chi connectivity index (χ3v) is 4.97. The topological polar surface area (TPSA) is 60.2 Å². The normalized spacial score (nSPS) is 13.5. The first-order chi connectivity index (χ1) is 13.6. The number of pyridine rings is 1. The maximum Gasteiger partial charge on any atom is 0.270 e. The molecule has 0 amide bonds. The van der Waals surface area contributed by atoms with Crippen molar-refractivity contribution in [3.05, 3.63) is 81.5 Å². The van der Waals surface area contributed by atoms with Gasteiger partial charge in [0, 0.05) is 31.9 Å². The summed E-state index contributed by atoms with van der Waals surface area (Å²) in [6, 6.07) is 12.0. The van der Waals surface area contributed by atoms with Crippen LogP contribution in [0.5, 0.6) is 5.75 Å². The van der Waals surface area contributed by atoms with Gasteiger partial charge in [-0.1, -0.05) is 29.7 Å². The molecule has 3 heterocycles. The fourth-order valence-electron chi connectivity index (χ4n) is 3.41. The standard InChI is InChI=1S/C21H23BN4O2/c1-25-12-16-3-2-15(8-17(16)13-25)6-7-26-21(27)9-20(11-24-26)28-14-19-5-4-18(22)10-23-19/h2-5,8-11H,6-7,12-14,22H2,1H3. The molecule has 6 nitrogen and oxygen atoms in total. The number of rotatable bonds is 6. The highest BCUT2D eigenvalue weighted by atomic mass is 16.5. The second kappa shape index (κ2) is 7.98. The molecule has 0 saturated carbocycles. The first-order valence-electron chi connectivity index (χ1n) is 9.47. The lowest BCUT2D eigenvalue weighted by atomic mass is 9.99. The van der Waals surface area contributed by atoms with E-state index in [-0.39, 0.29) is 5.56 Å². The number of hydrogen-bond acceptors (Lipinski definition) is 5. The van der Waals surface area contributed by atoms with Crippen LogP contribution in [0, 0.1) is 0 Å². The zero-order valence-corrected chi connectivity index (χ0v) is 16.3. The lowest BCUT2D eigenvalue weighted by Crippen LogP contribution is -2.23. The molecule has 4 rings (SSSR count). The fraction of sp³-hybridized carbons (Fsp3) is 0.286. The summed E-state index contributed by atoms with van der Waals surface area (Å²) in [5.41, 5.74) is 5.77. The predicted molar refractivity (Wildman–Crippen MR) is 111 cm³/mol. The average Bonchev–Trinajstić information content (AvgIpc) is 3.06. The van der Waals surface area contributed by atoms with E-state index in [0.717, 1.165) is 30.7 Å². The maximum atomic E-state index is 12.3. The molecule has 142 valence electrons. The predicted octanol–water partition coefficient (Wildman–Crippen LogP) is 0.664. The van der Waals surface area contributed by atoms with Crippen molar-refractivity contribution < 1.29 is 4.74 Å². The van der Waals surface area contributed by atoms with E-state index in [1.165, 1.54) is 27.4 Å². The molecule has 28 heavy (non-hydrogen) atoms. The van der Waals surface area contributed by atoms with Gasteiger partial charge in [-0.3, -0.25) is 14.7 Å². The highest BCUT2D eigenvalue weighted by Crippen LogP contribution is 2.22. The Morgan fingerprint density at radius 2 is 1.96 bits per heavy atom. The van der Waals surface area contributed by atoms with Gasteiger partial charge in [-0.2, -0.15) is 5.10 Å². The minimum atomic E-state index is -0.157. The number of aromatic nitrogens is 3. The second-order valence-corrected chi connectivity index (χ2v) is 7.39. The summed E-state index contributed by atoms with van der Waals surface area (Å²) >= 11 is 0. The quantitative estimate of drug-likeness (QED) is 0.594. The third-order valence-electron chi connectivity index (χ3n) is 4.97. The first kappa shape index (κ1) is 18.4. The van der Waals surface area contributed by atoms with E-state index in [1.54, 1.807) is 12.4 Å². The van der Waals surface area contributed by atoms with Crippen molar-refractivity contribution in [2.24, 2.45) is 0 Å². The van der Waals surface area contributed by atoms with Crippen LogP contribution in [0.4, 0.5) is 0 Å². The van der Waals surface area contributed by atoms with E-state index in [1.807, 2.05) is 20.0 Å². The van der Waals surface area contributed by atoms with Gasteiger partial charge in [0.1, 0.15) is 20.2 Å². The Morgan fingerprint density at radius 3 is 2.75 bits per heavy atom. The number of hydrogen-bond donors (Lipinski definition) is 0. The van der Waals surface area contributed by atoms with Gasteiger partial charge in [0.2, 0.25) is 0 Å². The van der Waals surface area contributed by atoms with Crippen LogP contribution in [0.1, 0.15) is 22.4 Å². The molecule has 0 unspecified atom stereocenters. The molecule has 0 fully saturated rings. The number of aryl methyl sites for hydroxylation is 2. The van der Waals surface area contributed by atoms with E-state index >= 15 is 0 Å². The van der Waals surface area contributed by atoms with E-state index < -0.39 is 0 Å². The number of ether oxygens (including phenoxy) is 1. The van der Waals surface area contributed by atoms with Crippen molar-refractivity contribution in [3.8, 4) is 5.75 Å². The van der Waals surface area contributed by atoms with Gasteiger partial charge in [0.05, 0.1) is 11.9 Å². The Labute approximate surface area is 165 Å². The second-order valence-electron chi connectivity index (χ2n) is 7.39. The van der Waals surface area contributed by atoms with Crippen LogP contribution in [-0.2, 0) is 32.7 Å². The molecule has 7 heteroatoms. The molecule has 0 atom stereocenters. The number of fused-ring (bicyclic) bond motifs is 1. The Bertz CT molecular complexity index is 1030. The highest BCUT2D eigenvalue weighted by molar-refractivity contribution is 6.31. The Hall–Kier alpha value is -2.93. The molecule has 0 N–H and O–H groups in total. The van der Waals surface area contributed by atoms with Crippen LogP contribution in [0.3, 0.4) is 0 Å². The molecule has 1 aromatic carbocycles. The molecule has 0 bridgehead atoms. The summed E-state index contributed by atoms with van der Waals surface area (Å²) in [7, 11) is 4.12. The Morgan fingerprint density at radius 1 is 1.11 bits per heavy atom. The monoisotopic (exact) mass is 374 g/mol. The summed E-state index contributed by atoms with van der Waals surface area (Å²) in [4.78, 5) is 18.9. The van der Waals surface area contributed by atoms with Gasteiger partial charge in [-0.25, -0.2) is 4.68 Å². The van der Waals surface area contributed by atoms with Crippen LogP contribution in [0.2, 0.25) is 0 Å². The van der Waals surface area contributed by atoms with E-state index in [9.17, 15) is 4.79 Å². The molecular weight excluding hydrogens is 351 g/mol. The zero-order chi connectivity index (χ0) is 19.5. The van der Waals surface area contributed by atoms with Gasteiger partial charge in [0.25, 0.3) is 5.56 Å². The molecular formula is C21H23BN4O2. The molecule has 0 spiro atoms. The zero-order valence-electron chi connectivity index (χ0n) is 16.3. The molecule has 2 aromatic heterocycles. The van der Waals surface area contributed by atoms with Crippen molar-refractivity contribution in [2.75, 3.05) is 7.05 Å². The number of nitrogens with zero attached hydrogens (tertiary/aromatic N) is 4. The van der Waals surface area contributed by atoms with Gasteiger partial charge in [-0.15, -0.1) is 0 Å². The molecule has 0 aliphatic carbocycles. The largest absolute Gasteiger partial charge is 0.485 e. The van der Waals surface area contributed by atoms with Crippen LogP contribution in [0.15, 0.2) is 53.6 Å². The van der Waals surface area contributed by atoms with Crippen LogP contribution in [-0.4, -0.2) is 34.6 Å². The summed E-state index contributed by atoms with van der Waals surface area (Å²) in [5.74, 6) is 0.462. The summed E-state index contributed by atoms with van der Waals surface area (Å²) in [6.07, 6.45) is 4.16. The van der Waals surface area contributed by atoms with Crippen molar-refractivity contribution in [1.29, 1.82) is 0 Å². The first-order valence-corrected chi connectivity index (χ1v) is 9.47. The number of benzene rings is 1. The molecule has 0 saturated heterocycles. The highest BCUT2D eigenvalue weighted by Gasteiger charge is 2.15. The van der Waals surface area contributed by atoms with Crippen molar-refractivity contribution in [3.63, 3.8) is 0 Å². The minimum Gasteiger partial charge on any atom is -0.485 e. The van der Waals surface area contributed by atoms with Crippen molar-refractivity contribution >= 4 is 13.3 Å². The Kier molecular flexibility index (Phi) is 5.26. The summed E-state index contributed by atoms with van der Waals surface area (Å²) < 4.78 is 7.13.